The normalized spacial score (nSPS) is 11.3. The van der Waals surface area contributed by atoms with Gasteiger partial charge in [-0.05, 0) is 31.7 Å². The summed E-state index contributed by atoms with van der Waals surface area (Å²) in [7, 11) is 1.70. The molecule has 0 aliphatic heterocycles. The van der Waals surface area contributed by atoms with Gasteiger partial charge in [0.15, 0.2) is 0 Å². The van der Waals surface area contributed by atoms with E-state index >= 15 is 0 Å². The second-order valence-corrected chi connectivity index (χ2v) is 6.70. The number of amides is 1. The maximum Gasteiger partial charge on any atom is 0.262 e. The van der Waals surface area contributed by atoms with E-state index < -0.39 is 0 Å². The van der Waals surface area contributed by atoms with Crippen LogP contribution in [0.15, 0.2) is 4.79 Å². The second kappa shape index (κ2) is 5.97. The van der Waals surface area contributed by atoms with Gasteiger partial charge in [-0.25, -0.2) is 4.98 Å². The number of thiophene rings is 1. The predicted molar refractivity (Wildman–Crippen MR) is 86.1 cm³/mol. The van der Waals surface area contributed by atoms with Gasteiger partial charge in [0.2, 0.25) is 0 Å². The van der Waals surface area contributed by atoms with Crippen LogP contribution in [0.2, 0.25) is 0 Å². The lowest BCUT2D eigenvalue weighted by molar-refractivity contribution is 0.0955. The molecular weight excluding hydrogens is 286 g/mol. The third-order valence-corrected chi connectivity index (χ3v) is 4.79. The van der Waals surface area contributed by atoms with Gasteiger partial charge in [-0.2, -0.15) is 0 Å². The number of nitrogens with zero attached hydrogens (tertiary/aromatic N) is 2. The van der Waals surface area contributed by atoms with E-state index in [9.17, 15) is 9.59 Å². The Kier molecular flexibility index (Phi) is 4.46. The molecule has 6 heteroatoms. The summed E-state index contributed by atoms with van der Waals surface area (Å²) in [5, 5.41) is 3.47. The highest BCUT2D eigenvalue weighted by Gasteiger charge is 2.19. The quantitative estimate of drug-likeness (QED) is 0.943. The molecule has 2 aromatic rings. The van der Waals surface area contributed by atoms with Gasteiger partial charge >= 0.3 is 0 Å². The van der Waals surface area contributed by atoms with Crippen LogP contribution in [0.25, 0.3) is 10.2 Å². The van der Waals surface area contributed by atoms with Crippen molar-refractivity contribution in [2.45, 2.75) is 34.1 Å². The summed E-state index contributed by atoms with van der Waals surface area (Å²) in [4.78, 5) is 30.2. The molecule has 21 heavy (non-hydrogen) atoms. The molecule has 2 rings (SSSR count). The highest BCUT2D eigenvalue weighted by atomic mass is 32.1. The molecule has 0 radical (unpaired) electrons. The minimum absolute atomic E-state index is 0.0903. The Morgan fingerprint density at radius 2 is 2.05 bits per heavy atom. The van der Waals surface area contributed by atoms with Gasteiger partial charge in [-0.15, -0.1) is 11.3 Å². The molecule has 114 valence electrons. The largest absolute Gasteiger partial charge is 0.351 e. The lowest BCUT2D eigenvalue weighted by atomic mass is 10.1. The second-order valence-electron chi connectivity index (χ2n) is 5.70. The molecule has 1 N–H and O–H groups in total. The number of aromatic nitrogens is 2. The first-order valence-electron chi connectivity index (χ1n) is 7.07. The Bertz CT molecular complexity index is 743. The fourth-order valence-electron chi connectivity index (χ4n) is 2.14. The molecule has 0 aliphatic rings. The Balaban J connectivity index is 2.38. The van der Waals surface area contributed by atoms with E-state index in [-0.39, 0.29) is 11.5 Å². The summed E-state index contributed by atoms with van der Waals surface area (Å²) < 4.78 is 1.52. The molecule has 5 nitrogen and oxygen atoms in total. The van der Waals surface area contributed by atoms with E-state index in [4.69, 9.17) is 0 Å². The van der Waals surface area contributed by atoms with E-state index in [2.05, 4.69) is 24.1 Å². The molecule has 0 unspecified atom stereocenters. The van der Waals surface area contributed by atoms with E-state index in [1.807, 2.05) is 6.92 Å². The van der Waals surface area contributed by atoms with Gasteiger partial charge in [0.1, 0.15) is 10.7 Å². The number of carbonyl (C=O) groups excluding carboxylic acids is 1. The number of aryl methyl sites for hydroxylation is 2. The van der Waals surface area contributed by atoms with Crippen LogP contribution in [-0.4, -0.2) is 22.0 Å². The van der Waals surface area contributed by atoms with Crippen molar-refractivity contribution >= 4 is 27.5 Å². The van der Waals surface area contributed by atoms with Crippen LogP contribution in [0.5, 0.6) is 0 Å². The molecule has 0 saturated heterocycles. The minimum Gasteiger partial charge on any atom is -0.351 e. The number of fused-ring (bicyclic) bond motifs is 1. The minimum atomic E-state index is -0.115. The van der Waals surface area contributed by atoms with E-state index in [1.54, 1.807) is 14.0 Å². The van der Waals surface area contributed by atoms with Crippen molar-refractivity contribution in [1.82, 2.24) is 14.9 Å². The Hall–Kier alpha value is -1.69. The molecular formula is C15H21N3O2S. The number of hydrogen-bond acceptors (Lipinski definition) is 4. The third-order valence-electron chi connectivity index (χ3n) is 3.61. The van der Waals surface area contributed by atoms with Gasteiger partial charge in [0.05, 0.1) is 10.3 Å². The summed E-state index contributed by atoms with van der Waals surface area (Å²) in [6, 6.07) is 0. The monoisotopic (exact) mass is 307 g/mol. The van der Waals surface area contributed by atoms with Crippen LogP contribution in [0, 0.1) is 19.8 Å². The molecule has 2 aromatic heterocycles. The summed E-state index contributed by atoms with van der Waals surface area (Å²) in [6.07, 6.45) is 0.939. The van der Waals surface area contributed by atoms with Gasteiger partial charge in [0.25, 0.3) is 11.5 Å². The maximum atomic E-state index is 12.3. The van der Waals surface area contributed by atoms with Gasteiger partial charge in [0, 0.05) is 13.6 Å². The standard InChI is InChI=1S/C15H21N3O2S/c1-8(2)6-7-16-13(19)12-9(3)11-14(21-12)17-10(4)18(5)15(11)20/h8H,6-7H2,1-5H3,(H,16,19). The fourth-order valence-corrected chi connectivity index (χ4v) is 3.27. The van der Waals surface area contributed by atoms with Crippen molar-refractivity contribution in [1.29, 1.82) is 0 Å². The number of hydrogen-bond donors (Lipinski definition) is 1. The third kappa shape index (κ3) is 3.00. The van der Waals surface area contributed by atoms with E-state index in [0.717, 1.165) is 12.0 Å². The molecule has 1 amide bonds. The van der Waals surface area contributed by atoms with E-state index in [1.165, 1.54) is 15.9 Å². The molecule has 0 aromatic carbocycles. The Morgan fingerprint density at radius 1 is 1.38 bits per heavy atom. The molecule has 0 spiro atoms. The molecule has 0 bridgehead atoms. The average Bonchev–Trinajstić information content (AvgIpc) is 2.72. The smallest absolute Gasteiger partial charge is 0.262 e. The first-order valence-corrected chi connectivity index (χ1v) is 7.89. The lowest BCUT2D eigenvalue weighted by Gasteiger charge is -2.06. The van der Waals surface area contributed by atoms with Crippen LogP contribution in [0.3, 0.4) is 0 Å². The summed E-state index contributed by atoms with van der Waals surface area (Å²) in [6.45, 7) is 8.49. The summed E-state index contributed by atoms with van der Waals surface area (Å²) in [5.74, 6) is 1.08. The lowest BCUT2D eigenvalue weighted by Crippen LogP contribution is -2.25. The van der Waals surface area contributed by atoms with Gasteiger partial charge < -0.3 is 5.32 Å². The van der Waals surface area contributed by atoms with Crippen molar-refractivity contribution in [3.8, 4) is 0 Å². The summed E-state index contributed by atoms with van der Waals surface area (Å²) in [5.41, 5.74) is 0.637. The number of rotatable bonds is 4. The molecule has 0 aliphatic carbocycles. The number of nitrogens with one attached hydrogen (secondary N) is 1. The van der Waals surface area contributed by atoms with Crippen molar-refractivity contribution in [3.63, 3.8) is 0 Å². The van der Waals surface area contributed by atoms with Crippen molar-refractivity contribution in [3.05, 3.63) is 26.6 Å². The van der Waals surface area contributed by atoms with Crippen LogP contribution >= 0.6 is 11.3 Å². The molecule has 2 heterocycles. The number of carbonyl (C=O) groups is 1. The first-order chi connectivity index (χ1) is 9.82. The summed E-state index contributed by atoms with van der Waals surface area (Å²) >= 11 is 1.29. The Morgan fingerprint density at radius 3 is 2.67 bits per heavy atom. The predicted octanol–water partition coefficient (Wildman–Crippen LogP) is 2.39. The van der Waals surface area contributed by atoms with Crippen molar-refractivity contribution in [2.75, 3.05) is 6.54 Å². The zero-order chi connectivity index (χ0) is 15.7. The van der Waals surface area contributed by atoms with Gasteiger partial charge in [-0.3, -0.25) is 14.2 Å². The zero-order valence-electron chi connectivity index (χ0n) is 13.1. The SMILES string of the molecule is Cc1c(C(=O)NCCC(C)C)sc2nc(C)n(C)c(=O)c12. The highest BCUT2D eigenvalue weighted by molar-refractivity contribution is 7.20. The molecule has 0 saturated carbocycles. The van der Waals surface area contributed by atoms with E-state index in [0.29, 0.717) is 33.4 Å². The van der Waals surface area contributed by atoms with Crippen LogP contribution in [0.1, 0.15) is 41.3 Å². The van der Waals surface area contributed by atoms with Crippen LogP contribution < -0.4 is 10.9 Å². The van der Waals surface area contributed by atoms with Crippen LogP contribution in [0.4, 0.5) is 0 Å². The van der Waals surface area contributed by atoms with Crippen LogP contribution in [-0.2, 0) is 7.05 Å². The highest BCUT2D eigenvalue weighted by Crippen LogP contribution is 2.27. The Labute approximate surface area is 128 Å². The van der Waals surface area contributed by atoms with Crippen molar-refractivity contribution in [2.24, 2.45) is 13.0 Å². The first kappa shape index (κ1) is 15.7. The average molecular weight is 307 g/mol. The van der Waals surface area contributed by atoms with Crippen molar-refractivity contribution < 1.29 is 4.79 Å². The topological polar surface area (TPSA) is 64.0 Å². The molecule has 0 atom stereocenters. The van der Waals surface area contributed by atoms with Gasteiger partial charge in [-0.1, -0.05) is 13.8 Å². The fraction of sp³-hybridized carbons (Fsp3) is 0.533. The zero-order valence-corrected chi connectivity index (χ0v) is 13.9. The molecule has 0 fully saturated rings. The maximum absolute atomic E-state index is 12.3.